The average Bonchev–Trinajstić information content (AvgIpc) is 3.20. The van der Waals surface area contributed by atoms with Crippen molar-refractivity contribution in [3.8, 4) is 0 Å². The van der Waals surface area contributed by atoms with E-state index in [1.165, 1.54) is 24.1 Å². The first kappa shape index (κ1) is 21.6. The van der Waals surface area contributed by atoms with E-state index >= 15 is 0 Å². The lowest BCUT2D eigenvalue weighted by Gasteiger charge is -2.33. The first-order chi connectivity index (χ1) is 15.0. The van der Waals surface area contributed by atoms with Crippen LogP contribution in [0.5, 0.6) is 0 Å². The van der Waals surface area contributed by atoms with Crippen LogP contribution < -0.4 is 20.4 Å². The second kappa shape index (κ2) is 9.69. The molecule has 2 aliphatic heterocycles. The number of anilines is 3. The average molecular weight is 437 g/mol. The van der Waals surface area contributed by atoms with E-state index in [1.54, 1.807) is 0 Å². The van der Waals surface area contributed by atoms with Crippen molar-refractivity contribution >= 4 is 40.3 Å². The van der Waals surface area contributed by atoms with Crippen molar-refractivity contribution in [1.82, 2.24) is 5.32 Å². The summed E-state index contributed by atoms with van der Waals surface area (Å²) in [7, 11) is 0. The van der Waals surface area contributed by atoms with E-state index in [1.807, 2.05) is 29.2 Å². The number of nitrogens with one attached hydrogen (secondary N) is 2. The normalized spacial score (nSPS) is 19.9. The van der Waals surface area contributed by atoms with Crippen LogP contribution in [-0.4, -0.2) is 30.7 Å². The van der Waals surface area contributed by atoms with E-state index in [0.717, 1.165) is 43.3 Å². The number of thiocarbonyl (C=S) groups is 1. The largest absolute Gasteiger partial charge is 0.371 e. The number of benzene rings is 2. The fourth-order valence-electron chi connectivity index (χ4n) is 4.49. The molecule has 164 valence electrons. The highest BCUT2D eigenvalue weighted by molar-refractivity contribution is 7.80. The maximum absolute atomic E-state index is 11.9. The van der Waals surface area contributed by atoms with Crippen molar-refractivity contribution in [3.63, 3.8) is 0 Å². The molecule has 2 fully saturated rings. The molecule has 0 bridgehead atoms. The van der Waals surface area contributed by atoms with Crippen LogP contribution in [0.3, 0.4) is 0 Å². The molecule has 6 heteroatoms. The molecule has 2 saturated heterocycles. The molecule has 5 nitrogen and oxygen atoms in total. The molecule has 0 saturated carbocycles. The van der Waals surface area contributed by atoms with Crippen molar-refractivity contribution in [2.24, 2.45) is 5.92 Å². The van der Waals surface area contributed by atoms with Crippen LogP contribution in [-0.2, 0) is 4.79 Å². The highest BCUT2D eigenvalue weighted by Crippen LogP contribution is 2.25. The molecule has 0 aliphatic carbocycles. The molecule has 2 aromatic carbocycles. The molecule has 0 radical (unpaired) electrons. The lowest BCUT2D eigenvalue weighted by molar-refractivity contribution is -0.117. The van der Waals surface area contributed by atoms with Crippen LogP contribution in [0.15, 0.2) is 48.5 Å². The van der Waals surface area contributed by atoms with Gasteiger partial charge in [0.05, 0.1) is 6.04 Å². The molecule has 0 spiro atoms. The van der Waals surface area contributed by atoms with Crippen molar-refractivity contribution in [1.29, 1.82) is 0 Å². The highest BCUT2D eigenvalue weighted by Gasteiger charge is 2.21. The maximum Gasteiger partial charge on any atom is 0.227 e. The highest BCUT2D eigenvalue weighted by atomic mass is 32.1. The summed E-state index contributed by atoms with van der Waals surface area (Å²) >= 11 is 5.52. The summed E-state index contributed by atoms with van der Waals surface area (Å²) in [5, 5.41) is 7.21. The Labute approximate surface area is 190 Å². The Morgan fingerprint density at radius 1 is 1.03 bits per heavy atom. The van der Waals surface area contributed by atoms with Gasteiger partial charge in [-0.2, -0.15) is 0 Å². The molecule has 0 unspecified atom stereocenters. The Hall–Kier alpha value is -2.60. The first-order valence-corrected chi connectivity index (χ1v) is 11.7. The molecular formula is C25H32N4OS. The third-order valence-corrected chi connectivity index (χ3v) is 6.49. The predicted octanol–water partition coefficient (Wildman–Crippen LogP) is 5.10. The van der Waals surface area contributed by atoms with Gasteiger partial charge in [0, 0.05) is 43.1 Å². The van der Waals surface area contributed by atoms with Gasteiger partial charge in [-0.25, -0.2) is 0 Å². The van der Waals surface area contributed by atoms with E-state index in [9.17, 15) is 4.79 Å². The summed E-state index contributed by atoms with van der Waals surface area (Å²) in [4.78, 5) is 16.2. The van der Waals surface area contributed by atoms with E-state index in [4.69, 9.17) is 12.2 Å². The van der Waals surface area contributed by atoms with Gasteiger partial charge in [0.15, 0.2) is 5.11 Å². The van der Waals surface area contributed by atoms with Gasteiger partial charge in [-0.1, -0.05) is 19.1 Å². The Bertz CT molecular complexity index is 912. The second-order valence-corrected chi connectivity index (χ2v) is 9.21. The fraction of sp³-hybridized carbons (Fsp3) is 0.440. The summed E-state index contributed by atoms with van der Waals surface area (Å²) in [6.45, 7) is 7.55. The third-order valence-electron chi connectivity index (χ3n) is 6.27. The van der Waals surface area contributed by atoms with E-state index < -0.39 is 0 Å². The monoisotopic (exact) mass is 436 g/mol. The summed E-state index contributed by atoms with van der Waals surface area (Å²) in [5.74, 6) is 0.968. The van der Waals surface area contributed by atoms with Gasteiger partial charge in [-0.15, -0.1) is 0 Å². The molecule has 0 aromatic heterocycles. The van der Waals surface area contributed by atoms with Gasteiger partial charge in [-0.3, -0.25) is 4.79 Å². The number of piperidine rings is 1. The number of hydrogen-bond donors (Lipinski definition) is 2. The number of nitrogens with zero attached hydrogens (tertiary/aromatic N) is 2. The van der Waals surface area contributed by atoms with Crippen LogP contribution in [0.4, 0.5) is 17.1 Å². The summed E-state index contributed by atoms with van der Waals surface area (Å²) in [6, 6.07) is 16.8. The van der Waals surface area contributed by atoms with Crippen molar-refractivity contribution in [3.05, 3.63) is 54.1 Å². The second-order valence-electron chi connectivity index (χ2n) is 8.80. The summed E-state index contributed by atoms with van der Waals surface area (Å²) < 4.78 is 0. The Balaban J connectivity index is 1.30. The Kier molecular flexibility index (Phi) is 6.76. The summed E-state index contributed by atoms with van der Waals surface area (Å²) in [6.07, 6.45) is 4.18. The molecule has 4 rings (SSSR count). The van der Waals surface area contributed by atoms with Gasteiger partial charge < -0.3 is 20.4 Å². The van der Waals surface area contributed by atoms with Crippen LogP contribution in [0.1, 0.15) is 51.1 Å². The molecule has 1 amide bonds. The van der Waals surface area contributed by atoms with Crippen molar-refractivity contribution in [2.75, 3.05) is 34.8 Å². The van der Waals surface area contributed by atoms with Crippen LogP contribution in [0.2, 0.25) is 0 Å². The molecular weight excluding hydrogens is 404 g/mol. The molecule has 2 heterocycles. The topological polar surface area (TPSA) is 47.6 Å². The number of rotatable bonds is 5. The quantitative estimate of drug-likeness (QED) is 0.639. The minimum atomic E-state index is 0.107. The van der Waals surface area contributed by atoms with Crippen molar-refractivity contribution in [2.45, 2.75) is 45.6 Å². The van der Waals surface area contributed by atoms with Gasteiger partial charge in [0.25, 0.3) is 0 Å². The van der Waals surface area contributed by atoms with Gasteiger partial charge in [0.2, 0.25) is 5.91 Å². The van der Waals surface area contributed by atoms with Crippen LogP contribution in [0.25, 0.3) is 0 Å². The molecule has 2 aliphatic rings. The summed E-state index contributed by atoms with van der Waals surface area (Å²) in [5.41, 5.74) is 4.37. The zero-order chi connectivity index (χ0) is 21.8. The van der Waals surface area contributed by atoms with Gasteiger partial charge >= 0.3 is 0 Å². The zero-order valence-electron chi connectivity index (χ0n) is 18.4. The minimum Gasteiger partial charge on any atom is -0.371 e. The van der Waals surface area contributed by atoms with Crippen LogP contribution >= 0.6 is 12.2 Å². The number of hydrogen-bond acceptors (Lipinski definition) is 3. The number of carbonyl (C=O) groups excluding carboxylic acids is 1. The number of carbonyl (C=O) groups is 1. The standard InChI is InChI=1S/C25H32N4OS/c1-18-5-3-15-28(17-18)22-11-7-20(8-12-22)19(2)26-25(31)27-21-9-13-23(14-10-21)29-16-4-6-24(29)30/h7-14,18-19H,3-6,15-17H2,1-2H3,(H2,26,27,31)/t18-,19+/m1/s1. The van der Waals surface area contributed by atoms with E-state index in [0.29, 0.717) is 11.5 Å². The van der Waals surface area contributed by atoms with E-state index in [-0.39, 0.29) is 11.9 Å². The van der Waals surface area contributed by atoms with E-state index in [2.05, 4.69) is 53.6 Å². The lowest BCUT2D eigenvalue weighted by Crippen LogP contribution is -2.34. The smallest absolute Gasteiger partial charge is 0.227 e. The van der Waals surface area contributed by atoms with Crippen molar-refractivity contribution < 1.29 is 4.79 Å². The SMILES string of the molecule is C[C@@H]1CCCN(c2ccc([C@H](C)NC(=S)Nc3ccc(N4CCCC4=O)cc3)cc2)C1. The fourth-order valence-corrected chi connectivity index (χ4v) is 4.79. The Morgan fingerprint density at radius 3 is 2.39 bits per heavy atom. The van der Waals surface area contributed by atoms with Crippen LogP contribution in [0, 0.1) is 5.92 Å². The zero-order valence-corrected chi connectivity index (χ0v) is 19.3. The predicted molar refractivity (Wildman–Crippen MR) is 133 cm³/mol. The Morgan fingerprint density at radius 2 is 1.74 bits per heavy atom. The van der Waals surface area contributed by atoms with Gasteiger partial charge in [-0.05, 0) is 86.3 Å². The molecule has 2 N–H and O–H groups in total. The lowest BCUT2D eigenvalue weighted by atomic mass is 9.99. The third kappa shape index (κ3) is 5.37. The maximum atomic E-state index is 11.9. The molecule has 31 heavy (non-hydrogen) atoms. The molecule has 2 atom stereocenters. The minimum absolute atomic E-state index is 0.107. The molecule has 2 aromatic rings. The number of amides is 1. The first-order valence-electron chi connectivity index (χ1n) is 11.3. The van der Waals surface area contributed by atoms with Gasteiger partial charge in [0.1, 0.15) is 0 Å².